The predicted octanol–water partition coefficient (Wildman–Crippen LogP) is 6.98. The van der Waals surface area contributed by atoms with Crippen molar-refractivity contribution in [1.82, 2.24) is 15.5 Å². The number of alkyl carbamates (subject to hydrolysis) is 1. The molecule has 2 rings (SSSR count). The summed E-state index contributed by atoms with van der Waals surface area (Å²) in [5, 5.41) is 5.64. The summed E-state index contributed by atoms with van der Waals surface area (Å²) < 4.78 is 11.2. The lowest BCUT2D eigenvalue weighted by Gasteiger charge is -2.39. The number of carbonyl (C=O) groups excluding carboxylic acids is 4. The number of carbonyl (C=O) groups is 4. The molecular weight excluding hydrogens is 594 g/mol. The third-order valence-electron chi connectivity index (χ3n) is 7.37. The maximum absolute atomic E-state index is 14.6. The minimum absolute atomic E-state index is 0.203. The Morgan fingerprint density at radius 3 is 1.83 bits per heavy atom. The SMILES string of the molecule is Cc1cc(C)cc(C(C(=O)NC(Cc2ccccc2)C(=O)OC(C)(C)C)N(C(=O)C(C)NC(=O)OC(C)(C)C)C(C)CCC(C)C)c1. The molecule has 0 radical (unpaired) electrons. The van der Waals surface area contributed by atoms with Crippen molar-refractivity contribution in [2.75, 3.05) is 0 Å². The number of ether oxygens (including phenoxy) is 2. The zero-order chi connectivity index (χ0) is 35.7. The molecule has 9 heteroatoms. The van der Waals surface area contributed by atoms with Crippen LogP contribution in [0.25, 0.3) is 0 Å². The molecule has 0 aliphatic rings. The number of rotatable bonds is 13. The molecule has 0 bridgehead atoms. The molecule has 0 spiro atoms. The summed E-state index contributed by atoms with van der Waals surface area (Å²) in [4.78, 5) is 56.9. The van der Waals surface area contributed by atoms with E-state index >= 15 is 0 Å². The highest BCUT2D eigenvalue weighted by Gasteiger charge is 2.39. The summed E-state index contributed by atoms with van der Waals surface area (Å²) in [6, 6.07) is 11.7. The second kappa shape index (κ2) is 16.8. The minimum Gasteiger partial charge on any atom is -0.458 e. The maximum Gasteiger partial charge on any atom is 0.408 e. The van der Waals surface area contributed by atoms with Crippen LogP contribution in [0.4, 0.5) is 4.79 Å². The molecule has 2 aromatic rings. The second-order valence-electron chi connectivity index (χ2n) is 15.0. The Morgan fingerprint density at radius 2 is 1.32 bits per heavy atom. The van der Waals surface area contributed by atoms with E-state index in [0.717, 1.165) is 23.1 Å². The van der Waals surface area contributed by atoms with E-state index in [1.807, 2.05) is 69.3 Å². The average Bonchev–Trinajstić information content (AvgIpc) is 2.91. The lowest BCUT2D eigenvalue weighted by molar-refractivity contribution is -0.159. The first-order valence-corrected chi connectivity index (χ1v) is 16.6. The van der Waals surface area contributed by atoms with Crippen LogP contribution >= 0.6 is 0 Å². The van der Waals surface area contributed by atoms with Gasteiger partial charge in [0.2, 0.25) is 11.8 Å². The Kier molecular flexibility index (Phi) is 14.0. The third-order valence-corrected chi connectivity index (χ3v) is 7.37. The van der Waals surface area contributed by atoms with Gasteiger partial charge in [0.1, 0.15) is 29.3 Å². The average molecular weight is 652 g/mol. The highest BCUT2D eigenvalue weighted by atomic mass is 16.6. The van der Waals surface area contributed by atoms with Crippen molar-refractivity contribution in [2.45, 2.75) is 138 Å². The molecule has 0 aromatic heterocycles. The minimum atomic E-state index is -1.10. The highest BCUT2D eigenvalue weighted by molar-refractivity contribution is 5.94. The van der Waals surface area contributed by atoms with Gasteiger partial charge >= 0.3 is 12.1 Å². The van der Waals surface area contributed by atoms with Crippen LogP contribution in [0, 0.1) is 19.8 Å². The summed E-state index contributed by atoms with van der Waals surface area (Å²) in [6.45, 7) is 22.2. The van der Waals surface area contributed by atoms with Gasteiger partial charge in [-0.05, 0) is 99.1 Å². The lowest BCUT2D eigenvalue weighted by atomic mass is 9.95. The molecular formula is C38H57N3O6. The highest BCUT2D eigenvalue weighted by Crippen LogP contribution is 2.29. The molecule has 2 N–H and O–H groups in total. The number of benzene rings is 2. The van der Waals surface area contributed by atoms with Crippen LogP contribution < -0.4 is 10.6 Å². The van der Waals surface area contributed by atoms with Crippen molar-refractivity contribution >= 4 is 23.9 Å². The van der Waals surface area contributed by atoms with E-state index in [4.69, 9.17) is 9.47 Å². The fraction of sp³-hybridized carbons (Fsp3) is 0.579. The lowest BCUT2D eigenvalue weighted by Crippen LogP contribution is -2.56. The van der Waals surface area contributed by atoms with Gasteiger partial charge in [-0.25, -0.2) is 9.59 Å². The van der Waals surface area contributed by atoms with Gasteiger partial charge in [-0.15, -0.1) is 0 Å². The van der Waals surface area contributed by atoms with Crippen LogP contribution in [0.3, 0.4) is 0 Å². The standard InChI is InChI=1S/C38H57N3O6/c1-24(2)18-19-27(5)41(34(43)28(6)39-36(45)47-38(10,11)12)32(30-21-25(3)20-26(4)22-30)33(42)40-31(35(44)46-37(7,8)9)23-29-16-14-13-15-17-29/h13-17,20-22,24,27-28,31-32H,18-19,23H2,1-12H3,(H,39,45)(H,40,42). The molecule has 260 valence electrons. The molecule has 3 amide bonds. The Bertz CT molecular complexity index is 1340. The van der Waals surface area contributed by atoms with E-state index in [1.54, 1.807) is 53.4 Å². The van der Waals surface area contributed by atoms with Crippen LogP contribution in [0.2, 0.25) is 0 Å². The smallest absolute Gasteiger partial charge is 0.408 e. The second-order valence-corrected chi connectivity index (χ2v) is 15.0. The number of nitrogens with one attached hydrogen (secondary N) is 2. The fourth-order valence-corrected chi connectivity index (χ4v) is 5.35. The van der Waals surface area contributed by atoms with Gasteiger partial charge in [-0.2, -0.15) is 0 Å². The van der Waals surface area contributed by atoms with Crippen molar-refractivity contribution in [1.29, 1.82) is 0 Å². The molecule has 47 heavy (non-hydrogen) atoms. The van der Waals surface area contributed by atoms with Gasteiger partial charge in [0, 0.05) is 12.5 Å². The van der Waals surface area contributed by atoms with Crippen molar-refractivity contribution < 1.29 is 28.7 Å². The Morgan fingerprint density at radius 1 is 0.766 bits per heavy atom. The zero-order valence-electron chi connectivity index (χ0n) is 30.5. The monoisotopic (exact) mass is 651 g/mol. The molecule has 9 nitrogen and oxygen atoms in total. The van der Waals surface area contributed by atoms with E-state index < -0.39 is 59.2 Å². The van der Waals surface area contributed by atoms with E-state index in [1.165, 1.54) is 0 Å². The molecule has 0 saturated carbocycles. The maximum atomic E-state index is 14.6. The van der Waals surface area contributed by atoms with Gasteiger partial charge in [0.05, 0.1) is 0 Å². The van der Waals surface area contributed by atoms with E-state index in [2.05, 4.69) is 24.5 Å². The Hall–Kier alpha value is -3.88. The number of hydrogen-bond donors (Lipinski definition) is 2. The Labute approximate surface area is 282 Å². The van der Waals surface area contributed by atoms with Crippen molar-refractivity contribution in [2.24, 2.45) is 5.92 Å². The van der Waals surface area contributed by atoms with Gasteiger partial charge < -0.3 is 25.0 Å². The number of hydrogen-bond acceptors (Lipinski definition) is 6. The first-order chi connectivity index (χ1) is 21.7. The first-order valence-electron chi connectivity index (χ1n) is 16.6. The molecule has 0 saturated heterocycles. The summed E-state index contributed by atoms with van der Waals surface area (Å²) in [5.74, 6) is -1.17. The predicted molar refractivity (Wildman–Crippen MR) is 186 cm³/mol. The van der Waals surface area contributed by atoms with E-state index in [9.17, 15) is 19.2 Å². The van der Waals surface area contributed by atoms with Gasteiger partial charge in [0.15, 0.2) is 0 Å². The van der Waals surface area contributed by atoms with Gasteiger partial charge in [-0.3, -0.25) is 9.59 Å². The van der Waals surface area contributed by atoms with Crippen LogP contribution in [-0.4, -0.2) is 58.1 Å². The van der Waals surface area contributed by atoms with Gasteiger partial charge in [-0.1, -0.05) is 73.5 Å². The number of nitrogens with zero attached hydrogens (tertiary/aromatic N) is 1. The van der Waals surface area contributed by atoms with Crippen LogP contribution in [0.15, 0.2) is 48.5 Å². The number of amides is 3. The summed E-state index contributed by atoms with van der Waals surface area (Å²) in [7, 11) is 0. The molecule has 0 aliphatic carbocycles. The molecule has 0 fully saturated rings. The van der Waals surface area contributed by atoms with Crippen LogP contribution in [-0.2, 0) is 30.3 Å². The molecule has 0 heterocycles. The van der Waals surface area contributed by atoms with Gasteiger partial charge in [0.25, 0.3) is 0 Å². The summed E-state index contributed by atoms with van der Waals surface area (Å²) >= 11 is 0. The van der Waals surface area contributed by atoms with Crippen molar-refractivity contribution in [3.63, 3.8) is 0 Å². The van der Waals surface area contributed by atoms with Crippen LogP contribution in [0.1, 0.15) is 110 Å². The zero-order valence-corrected chi connectivity index (χ0v) is 30.5. The fourth-order valence-electron chi connectivity index (χ4n) is 5.35. The molecule has 2 aromatic carbocycles. The molecule has 4 atom stereocenters. The van der Waals surface area contributed by atoms with Crippen molar-refractivity contribution in [3.8, 4) is 0 Å². The number of aryl methyl sites for hydroxylation is 2. The third kappa shape index (κ3) is 13.4. The van der Waals surface area contributed by atoms with Crippen LogP contribution in [0.5, 0.6) is 0 Å². The van der Waals surface area contributed by atoms with E-state index in [-0.39, 0.29) is 6.42 Å². The quantitative estimate of drug-likeness (QED) is 0.226. The van der Waals surface area contributed by atoms with Crippen molar-refractivity contribution in [3.05, 3.63) is 70.8 Å². The van der Waals surface area contributed by atoms with E-state index in [0.29, 0.717) is 17.9 Å². The summed E-state index contributed by atoms with van der Waals surface area (Å²) in [6.07, 6.45) is 0.910. The number of esters is 1. The topological polar surface area (TPSA) is 114 Å². The molecule has 4 unspecified atom stereocenters. The first kappa shape index (κ1) is 39.3. The summed E-state index contributed by atoms with van der Waals surface area (Å²) in [5.41, 5.74) is 1.77. The molecule has 0 aliphatic heterocycles. The largest absolute Gasteiger partial charge is 0.458 e. The Balaban J connectivity index is 2.66. The normalized spacial score (nSPS) is 14.4.